The summed E-state index contributed by atoms with van der Waals surface area (Å²) in [6, 6.07) is 16.4. The summed E-state index contributed by atoms with van der Waals surface area (Å²) in [6.45, 7) is 6.58. The highest BCUT2D eigenvalue weighted by Gasteiger charge is 2.37. The fraction of sp³-hybridized carbons (Fsp3) is 0.333. The van der Waals surface area contributed by atoms with Crippen LogP contribution in [0.2, 0.25) is 0 Å². The molecule has 6 heteroatoms. The lowest BCUT2D eigenvalue weighted by molar-refractivity contribution is -0.0704. The van der Waals surface area contributed by atoms with E-state index in [1.165, 1.54) is 5.56 Å². The predicted octanol–water partition coefficient (Wildman–Crippen LogP) is 3.75. The first-order chi connectivity index (χ1) is 14.7. The molecule has 2 aliphatic rings. The van der Waals surface area contributed by atoms with Crippen LogP contribution in [0, 0.1) is 0 Å². The number of hydrazine groups is 1. The zero-order chi connectivity index (χ0) is 20.9. The Hall–Kier alpha value is -2.96. The van der Waals surface area contributed by atoms with Gasteiger partial charge < -0.3 is 15.1 Å². The van der Waals surface area contributed by atoms with E-state index in [-0.39, 0.29) is 17.9 Å². The molecule has 1 N–H and O–H groups in total. The lowest BCUT2D eigenvalue weighted by Gasteiger charge is -2.48. The molecule has 0 saturated carbocycles. The third-order valence-electron chi connectivity index (χ3n) is 5.59. The first-order valence-electron chi connectivity index (χ1n) is 10.5. The number of carbonyl (C=O) groups is 1. The average molecular weight is 405 g/mol. The van der Waals surface area contributed by atoms with Gasteiger partial charge in [0, 0.05) is 42.8 Å². The van der Waals surface area contributed by atoms with Crippen molar-refractivity contribution in [1.82, 2.24) is 15.3 Å². The summed E-state index contributed by atoms with van der Waals surface area (Å²) in [4.78, 5) is 16.0. The number of ether oxygens (including phenoxy) is 1. The van der Waals surface area contributed by atoms with E-state index in [9.17, 15) is 4.79 Å². The Bertz CT molecular complexity index is 938. The fourth-order valence-corrected chi connectivity index (χ4v) is 4.16. The highest BCUT2D eigenvalue weighted by Crippen LogP contribution is 2.38. The van der Waals surface area contributed by atoms with Gasteiger partial charge in [0.1, 0.15) is 5.75 Å². The van der Waals surface area contributed by atoms with E-state index in [0.717, 1.165) is 30.0 Å². The van der Waals surface area contributed by atoms with Crippen molar-refractivity contribution in [2.45, 2.75) is 25.9 Å². The van der Waals surface area contributed by atoms with Crippen molar-refractivity contribution >= 4 is 12.0 Å². The molecule has 0 aromatic heterocycles. The number of carbonyl (C=O) groups excluding carboxylic acids is 1. The number of piperazine rings is 1. The lowest BCUT2D eigenvalue weighted by atomic mass is 9.96. The van der Waals surface area contributed by atoms with Crippen LogP contribution in [0.4, 0.5) is 0 Å². The van der Waals surface area contributed by atoms with Crippen molar-refractivity contribution in [3.8, 4) is 5.75 Å². The number of nitrogens with zero attached hydrogens (tertiary/aromatic N) is 3. The van der Waals surface area contributed by atoms with Crippen molar-refractivity contribution in [2.24, 2.45) is 4.99 Å². The molecular weight excluding hydrogens is 376 g/mol. The second kappa shape index (κ2) is 9.24. The van der Waals surface area contributed by atoms with Crippen LogP contribution in [-0.4, -0.2) is 48.3 Å². The molecule has 2 heterocycles. The number of para-hydroxylation sites is 1. The molecule has 2 aliphatic heterocycles. The van der Waals surface area contributed by atoms with Crippen molar-refractivity contribution in [3.05, 3.63) is 77.6 Å². The van der Waals surface area contributed by atoms with Crippen molar-refractivity contribution < 1.29 is 9.53 Å². The molecule has 0 bridgehead atoms. The Morgan fingerprint density at radius 1 is 1.13 bits per heavy atom. The molecule has 0 aliphatic carbocycles. The minimum atomic E-state index is 0.0823. The van der Waals surface area contributed by atoms with Gasteiger partial charge in [-0.2, -0.15) is 0 Å². The van der Waals surface area contributed by atoms with Crippen LogP contribution in [0.25, 0.3) is 0 Å². The summed E-state index contributed by atoms with van der Waals surface area (Å²) in [5, 5.41) is 8.25. The number of benzene rings is 2. The molecule has 0 amide bonds. The third kappa shape index (κ3) is 4.15. The summed E-state index contributed by atoms with van der Waals surface area (Å²) in [5.41, 5.74) is 3.06. The van der Waals surface area contributed by atoms with Gasteiger partial charge in [-0.15, -0.1) is 0 Å². The normalized spacial score (nSPS) is 21.6. The Balaban J connectivity index is 1.73. The minimum Gasteiger partial charge on any atom is -0.494 e. The van der Waals surface area contributed by atoms with E-state index in [2.05, 4.69) is 44.6 Å². The largest absolute Gasteiger partial charge is 0.494 e. The topological polar surface area (TPSA) is 57.2 Å². The van der Waals surface area contributed by atoms with Gasteiger partial charge >= 0.3 is 0 Å². The molecule has 1 fully saturated rings. The molecular formula is C24H28N4O2. The SMILES string of the molecule is CCOc1ccccc1C1CNCC(c2ccc(C(C)=O)cc2)N1N1C=CN=CC1. The molecule has 2 aromatic rings. The summed E-state index contributed by atoms with van der Waals surface area (Å²) in [5.74, 6) is 0.998. The summed E-state index contributed by atoms with van der Waals surface area (Å²) < 4.78 is 5.95. The second-order valence-corrected chi connectivity index (χ2v) is 7.47. The van der Waals surface area contributed by atoms with Crippen molar-refractivity contribution in [3.63, 3.8) is 0 Å². The molecule has 1 saturated heterocycles. The molecule has 30 heavy (non-hydrogen) atoms. The Morgan fingerprint density at radius 3 is 2.60 bits per heavy atom. The van der Waals surface area contributed by atoms with E-state index in [1.807, 2.05) is 49.8 Å². The number of nitrogens with one attached hydrogen (secondary N) is 1. The number of hydrogen-bond acceptors (Lipinski definition) is 6. The van der Waals surface area contributed by atoms with Crippen molar-refractivity contribution in [1.29, 1.82) is 0 Å². The van der Waals surface area contributed by atoms with Crippen LogP contribution in [0.5, 0.6) is 5.75 Å². The van der Waals surface area contributed by atoms with E-state index in [0.29, 0.717) is 13.2 Å². The van der Waals surface area contributed by atoms with Gasteiger partial charge in [0.15, 0.2) is 5.78 Å². The smallest absolute Gasteiger partial charge is 0.159 e. The highest BCUT2D eigenvalue weighted by molar-refractivity contribution is 5.94. The second-order valence-electron chi connectivity index (χ2n) is 7.47. The molecule has 4 rings (SSSR count). The van der Waals surface area contributed by atoms with Crippen LogP contribution in [-0.2, 0) is 0 Å². The fourth-order valence-electron chi connectivity index (χ4n) is 4.16. The van der Waals surface area contributed by atoms with E-state index >= 15 is 0 Å². The monoisotopic (exact) mass is 404 g/mol. The van der Waals surface area contributed by atoms with Gasteiger partial charge in [-0.05, 0) is 25.5 Å². The standard InChI is InChI=1S/C24H28N4O2/c1-3-30-24-7-5-4-6-21(24)23-17-26-16-22(28(23)27-14-12-25-13-15-27)20-10-8-19(9-11-20)18(2)29/h4-14,22-23,26H,3,15-17H2,1-2H3. The van der Waals surface area contributed by atoms with Crippen LogP contribution in [0.3, 0.4) is 0 Å². The molecule has 2 unspecified atom stereocenters. The lowest BCUT2D eigenvalue weighted by Crippen LogP contribution is -2.54. The van der Waals surface area contributed by atoms with Crippen LogP contribution >= 0.6 is 0 Å². The van der Waals surface area contributed by atoms with Crippen LogP contribution in [0.15, 0.2) is 65.9 Å². The van der Waals surface area contributed by atoms with Gasteiger partial charge in [0.25, 0.3) is 0 Å². The number of Topliss-reactive ketones (excluding diaryl/α,β-unsaturated/α-hetero) is 1. The number of aliphatic imine (C=N–C) groups is 1. The molecule has 6 nitrogen and oxygen atoms in total. The van der Waals surface area contributed by atoms with Gasteiger partial charge in [-0.1, -0.05) is 42.5 Å². The maximum absolute atomic E-state index is 11.7. The van der Waals surface area contributed by atoms with Gasteiger partial charge in [0.2, 0.25) is 0 Å². The Morgan fingerprint density at radius 2 is 1.90 bits per heavy atom. The van der Waals surface area contributed by atoms with Crippen LogP contribution < -0.4 is 10.1 Å². The first-order valence-corrected chi connectivity index (χ1v) is 10.5. The number of ketones is 1. The molecule has 0 spiro atoms. The first kappa shape index (κ1) is 20.3. The number of hydrogen-bond donors (Lipinski definition) is 1. The van der Waals surface area contributed by atoms with Gasteiger partial charge in [-0.25, -0.2) is 5.01 Å². The summed E-state index contributed by atoms with van der Waals surface area (Å²) in [6.07, 6.45) is 5.77. The molecule has 2 aromatic carbocycles. The minimum absolute atomic E-state index is 0.0823. The average Bonchev–Trinajstić information content (AvgIpc) is 2.80. The maximum atomic E-state index is 11.7. The Labute approximate surface area is 177 Å². The zero-order valence-corrected chi connectivity index (χ0v) is 17.5. The van der Waals surface area contributed by atoms with E-state index < -0.39 is 0 Å². The van der Waals surface area contributed by atoms with Gasteiger partial charge in [0.05, 0.1) is 25.2 Å². The molecule has 156 valence electrons. The highest BCUT2D eigenvalue weighted by atomic mass is 16.5. The number of rotatable bonds is 6. The summed E-state index contributed by atoms with van der Waals surface area (Å²) >= 11 is 0. The predicted molar refractivity (Wildman–Crippen MR) is 119 cm³/mol. The Kier molecular flexibility index (Phi) is 6.26. The zero-order valence-electron chi connectivity index (χ0n) is 17.5. The quantitative estimate of drug-likeness (QED) is 0.743. The molecule has 2 atom stereocenters. The van der Waals surface area contributed by atoms with Gasteiger partial charge in [-0.3, -0.25) is 9.79 Å². The van der Waals surface area contributed by atoms with E-state index in [1.54, 1.807) is 6.92 Å². The van der Waals surface area contributed by atoms with Crippen LogP contribution in [0.1, 0.15) is 47.4 Å². The maximum Gasteiger partial charge on any atom is 0.159 e. The summed E-state index contributed by atoms with van der Waals surface area (Å²) in [7, 11) is 0. The third-order valence-corrected chi connectivity index (χ3v) is 5.59. The van der Waals surface area contributed by atoms with E-state index in [4.69, 9.17) is 4.74 Å². The van der Waals surface area contributed by atoms with Crippen molar-refractivity contribution in [2.75, 3.05) is 26.2 Å². The molecule has 0 radical (unpaired) electrons.